The number of hydrogen-bond donors (Lipinski definition) is 0. The van der Waals surface area contributed by atoms with E-state index in [0.717, 1.165) is 38.8 Å². The number of amides is 1. The molecule has 1 aliphatic rings. The molecule has 1 amide bonds. The van der Waals surface area contributed by atoms with Crippen molar-refractivity contribution >= 4 is 17.5 Å². The molecular weight excluding hydrogens is 284 g/mol. The molecule has 0 aliphatic carbocycles. The Hall–Kier alpha value is -1.16. The number of benzene rings is 1. The summed E-state index contributed by atoms with van der Waals surface area (Å²) < 4.78 is 25.0. The van der Waals surface area contributed by atoms with Crippen LogP contribution < -0.4 is 0 Å². The van der Waals surface area contributed by atoms with Crippen LogP contribution in [0.15, 0.2) is 24.3 Å². The summed E-state index contributed by atoms with van der Waals surface area (Å²) in [5.41, 5.74) is 0.519. The summed E-state index contributed by atoms with van der Waals surface area (Å²) in [6.07, 6.45) is 1.78. The van der Waals surface area contributed by atoms with Crippen LogP contribution in [0.4, 0.5) is 8.78 Å². The molecule has 1 unspecified atom stereocenters. The Morgan fingerprint density at radius 3 is 2.00 bits per heavy atom. The number of carbonyl (C=O) groups excluding carboxylic acids is 1. The monoisotopic (exact) mass is 301 g/mol. The molecule has 2 rings (SSSR count). The number of rotatable bonds is 3. The van der Waals surface area contributed by atoms with E-state index in [1.165, 1.54) is 24.3 Å². The van der Waals surface area contributed by atoms with Crippen molar-refractivity contribution in [3.05, 3.63) is 35.4 Å². The molecule has 0 aromatic heterocycles. The Kier molecular flexibility index (Phi) is 5.35. The smallest absolute Gasteiger partial charge is 0.263 e. The summed E-state index contributed by atoms with van der Waals surface area (Å²) in [4.78, 5) is 14.1. The van der Waals surface area contributed by atoms with E-state index in [2.05, 4.69) is 0 Å². The van der Waals surface area contributed by atoms with Crippen molar-refractivity contribution in [1.29, 1.82) is 0 Å². The van der Waals surface area contributed by atoms with E-state index in [-0.39, 0.29) is 11.5 Å². The van der Waals surface area contributed by atoms with Gasteiger partial charge in [0.15, 0.2) is 0 Å². The molecule has 1 atom stereocenters. The maximum Gasteiger partial charge on any atom is 0.263 e. The van der Waals surface area contributed by atoms with Crippen molar-refractivity contribution < 1.29 is 13.6 Å². The van der Waals surface area contributed by atoms with Gasteiger partial charge in [-0.3, -0.25) is 4.79 Å². The van der Waals surface area contributed by atoms with Crippen LogP contribution in [0.3, 0.4) is 0 Å². The number of carbonyl (C=O) groups is 1. The van der Waals surface area contributed by atoms with E-state index in [0.29, 0.717) is 5.56 Å². The molecule has 1 aromatic rings. The lowest BCUT2D eigenvalue weighted by Gasteiger charge is -2.23. The van der Waals surface area contributed by atoms with Gasteiger partial charge in [0, 0.05) is 18.7 Å². The molecule has 110 valence electrons. The second-order valence-corrected chi connectivity index (χ2v) is 5.51. The van der Waals surface area contributed by atoms with Crippen molar-refractivity contribution in [3.63, 3.8) is 0 Å². The van der Waals surface area contributed by atoms with Gasteiger partial charge in [0.1, 0.15) is 5.38 Å². The third-order valence-corrected chi connectivity index (χ3v) is 4.05. The van der Waals surface area contributed by atoms with Gasteiger partial charge in [-0.2, -0.15) is 0 Å². The van der Waals surface area contributed by atoms with Gasteiger partial charge in [0.25, 0.3) is 6.43 Å². The highest BCUT2D eigenvalue weighted by Gasteiger charge is 2.24. The lowest BCUT2D eigenvalue weighted by Crippen LogP contribution is -2.34. The van der Waals surface area contributed by atoms with E-state index in [9.17, 15) is 13.6 Å². The van der Waals surface area contributed by atoms with E-state index < -0.39 is 11.8 Å². The Balaban J connectivity index is 2.05. The zero-order valence-corrected chi connectivity index (χ0v) is 12.0. The summed E-state index contributed by atoms with van der Waals surface area (Å²) >= 11 is 6.20. The lowest BCUT2D eigenvalue weighted by atomic mass is 10.1. The minimum Gasteiger partial charge on any atom is -0.341 e. The molecule has 1 fully saturated rings. The molecule has 1 saturated heterocycles. The fourth-order valence-corrected chi connectivity index (χ4v) is 2.69. The predicted octanol–water partition coefficient (Wildman–Crippen LogP) is 4.31. The molecule has 0 bridgehead atoms. The first-order chi connectivity index (χ1) is 9.59. The Bertz CT molecular complexity index is 442. The summed E-state index contributed by atoms with van der Waals surface area (Å²) in [5.74, 6) is -0.127. The van der Waals surface area contributed by atoms with Crippen molar-refractivity contribution in [3.8, 4) is 0 Å². The predicted molar refractivity (Wildman–Crippen MR) is 75.0 cm³/mol. The number of nitrogens with zero attached hydrogens (tertiary/aromatic N) is 1. The maximum absolute atomic E-state index is 12.5. The molecule has 1 heterocycles. The summed E-state index contributed by atoms with van der Waals surface area (Å²) in [6.45, 7) is 1.47. The maximum atomic E-state index is 12.5. The number of hydrogen-bond acceptors (Lipinski definition) is 1. The van der Waals surface area contributed by atoms with Gasteiger partial charge in [-0.15, -0.1) is 11.6 Å². The first-order valence-corrected chi connectivity index (χ1v) is 7.34. The molecule has 20 heavy (non-hydrogen) atoms. The second kappa shape index (κ2) is 7.02. The molecular formula is C15H18ClF2NO. The normalized spacial score (nSPS) is 17.9. The number of halogens is 3. The van der Waals surface area contributed by atoms with Crippen molar-refractivity contribution in [2.75, 3.05) is 13.1 Å². The molecule has 0 N–H and O–H groups in total. The van der Waals surface area contributed by atoms with Crippen LogP contribution in [0.1, 0.15) is 48.6 Å². The van der Waals surface area contributed by atoms with Crippen LogP contribution in [0, 0.1) is 0 Å². The van der Waals surface area contributed by atoms with Gasteiger partial charge < -0.3 is 4.90 Å². The van der Waals surface area contributed by atoms with Gasteiger partial charge in [-0.25, -0.2) is 8.78 Å². The van der Waals surface area contributed by atoms with Crippen molar-refractivity contribution in [2.45, 2.75) is 37.5 Å². The molecule has 5 heteroatoms. The highest BCUT2D eigenvalue weighted by Crippen LogP contribution is 2.27. The first kappa shape index (κ1) is 15.2. The van der Waals surface area contributed by atoms with Crippen LogP contribution >= 0.6 is 11.6 Å². The van der Waals surface area contributed by atoms with E-state index >= 15 is 0 Å². The molecule has 1 aromatic carbocycles. The van der Waals surface area contributed by atoms with E-state index in [4.69, 9.17) is 11.6 Å². The second-order valence-electron chi connectivity index (χ2n) is 5.07. The highest BCUT2D eigenvalue weighted by atomic mass is 35.5. The number of alkyl halides is 3. The van der Waals surface area contributed by atoms with Crippen LogP contribution in [-0.2, 0) is 4.79 Å². The van der Waals surface area contributed by atoms with Gasteiger partial charge in [-0.05, 0) is 18.4 Å². The topological polar surface area (TPSA) is 20.3 Å². The molecule has 2 nitrogen and oxygen atoms in total. The Labute approximate surface area is 122 Å². The van der Waals surface area contributed by atoms with Crippen LogP contribution in [0.5, 0.6) is 0 Å². The zero-order chi connectivity index (χ0) is 14.5. The fourth-order valence-electron chi connectivity index (χ4n) is 2.40. The standard InChI is InChI=1S/C15H18ClF2NO/c16-13(11-5-7-12(8-6-11)14(17)18)15(20)19-9-3-1-2-4-10-19/h5-8,13-14H,1-4,9-10H2. The average Bonchev–Trinajstić information content (AvgIpc) is 2.75. The third-order valence-electron chi connectivity index (χ3n) is 3.62. The van der Waals surface area contributed by atoms with Crippen LogP contribution in [-0.4, -0.2) is 23.9 Å². The summed E-state index contributed by atoms with van der Waals surface area (Å²) in [5, 5.41) is -0.792. The quantitative estimate of drug-likeness (QED) is 0.762. The third kappa shape index (κ3) is 3.69. The minimum atomic E-state index is -2.50. The largest absolute Gasteiger partial charge is 0.341 e. The van der Waals surface area contributed by atoms with Gasteiger partial charge >= 0.3 is 0 Å². The van der Waals surface area contributed by atoms with Crippen molar-refractivity contribution in [2.24, 2.45) is 0 Å². The fraction of sp³-hybridized carbons (Fsp3) is 0.533. The van der Waals surface area contributed by atoms with Gasteiger partial charge in [0.2, 0.25) is 5.91 Å². The van der Waals surface area contributed by atoms with Crippen molar-refractivity contribution in [1.82, 2.24) is 4.90 Å². The van der Waals surface area contributed by atoms with E-state index in [1.54, 1.807) is 4.90 Å². The molecule has 1 aliphatic heterocycles. The van der Waals surface area contributed by atoms with Gasteiger partial charge in [0.05, 0.1) is 0 Å². The molecule has 0 saturated carbocycles. The molecule has 0 spiro atoms. The number of likely N-dealkylation sites (tertiary alicyclic amines) is 1. The first-order valence-electron chi connectivity index (χ1n) is 6.90. The SMILES string of the molecule is O=C(C(Cl)c1ccc(C(F)F)cc1)N1CCCCCC1. The Morgan fingerprint density at radius 2 is 1.50 bits per heavy atom. The van der Waals surface area contributed by atoms with Gasteiger partial charge in [-0.1, -0.05) is 37.1 Å². The summed E-state index contributed by atoms with van der Waals surface area (Å²) in [7, 11) is 0. The minimum absolute atomic E-state index is 0.0557. The summed E-state index contributed by atoms with van der Waals surface area (Å²) in [6, 6.07) is 5.67. The average molecular weight is 302 g/mol. The Morgan fingerprint density at radius 1 is 1.00 bits per heavy atom. The highest BCUT2D eigenvalue weighted by molar-refractivity contribution is 6.30. The van der Waals surface area contributed by atoms with Crippen LogP contribution in [0.25, 0.3) is 0 Å². The van der Waals surface area contributed by atoms with E-state index in [1.807, 2.05) is 0 Å². The van der Waals surface area contributed by atoms with Crippen LogP contribution in [0.2, 0.25) is 0 Å². The molecule has 0 radical (unpaired) electrons. The zero-order valence-electron chi connectivity index (χ0n) is 11.2. The lowest BCUT2D eigenvalue weighted by molar-refractivity contribution is -0.130.